The molecule has 0 bridgehead atoms. The van der Waals surface area contributed by atoms with Crippen molar-refractivity contribution in [2.24, 2.45) is 0 Å². The van der Waals surface area contributed by atoms with Gasteiger partial charge >= 0.3 is 0 Å². The third-order valence-corrected chi connectivity index (χ3v) is 3.42. The van der Waals surface area contributed by atoms with E-state index in [4.69, 9.17) is 10.3 Å². The predicted octanol–water partition coefficient (Wildman–Crippen LogP) is 3.75. The lowest BCUT2D eigenvalue weighted by Crippen LogP contribution is -1.89. The van der Waals surface area contributed by atoms with E-state index in [1.807, 2.05) is 42.5 Å². The molecule has 0 amide bonds. The van der Waals surface area contributed by atoms with E-state index in [1.165, 1.54) is 0 Å². The zero-order chi connectivity index (χ0) is 13.2. The van der Waals surface area contributed by atoms with Gasteiger partial charge in [0.05, 0.1) is 5.56 Å². The molecule has 1 heterocycles. The molecule has 19 heavy (non-hydrogen) atoms. The van der Waals surface area contributed by atoms with Gasteiger partial charge in [-0.3, -0.25) is 0 Å². The lowest BCUT2D eigenvalue weighted by Gasteiger charge is -1.98. The minimum Gasteiger partial charge on any atom is -0.398 e. The number of halogens is 1. The molecule has 0 unspecified atom stereocenters. The van der Waals surface area contributed by atoms with Gasteiger partial charge in [0.1, 0.15) is 0 Å². The zero-order valence-corrected chi connectivity index (χ0v) is 11.5. The summed E-state index contributed by atoms with van der Waals surface area (Å²) in [6.07, 6.45) is 0. The van der Waals surface area contributed by atoms with Crippen molar-refractivity contribution >= 4 is 21.6 Å². The Balaban J connectivity index is 2.06. The highest BCUT2D eigenvalue weighted by Crippen LogP contribution is 2.29. The van der Waals surface area contributed by atoms with Gasteiger partial charge in [-0.25, -0.2) is 0 Å². The van der Waals surface area contributed by atoms with Crippen LogP contribution in [0.1, 0.15) is 0 Å². The van der Waals surface area contributed by atoms with Gasteiger partial charge in [0.15, 0.2) is 0 Å². The number of nitrogen functional groups attached to an aromatic ring is 1. The largest absolute Gasteiger partial charge is 0.398 e. The lowest BCUT2D eigenvalue weighted by atomic mass is 10.2. The normalized spacial score (nSPS) is 10.6. The molecule has 0 spiro atoms. The van der Waals surface area contributed by atoms with Crippen LogP contribution in [0.25, 0.3) is 22.8 Å². The van der Waals surface area contributed by atoms with Crippen LogP contribution in [0.4, 0.5) is 5.69 Å². The number of aromatic nitrogens is 2. The van der Waals surface area contributed by atoms with E-state index in [-0.39, 0.29) is 0 Å². The molecular weight excluding hydrogens is 306 g/mol. The van der Waals surface area contributed by atoms with E-state index < -0.39 is 0 Å². The number of nitrogens with zero attached hydrogens (tertiary/aromatic N) is 2. The topological polar surface area (TPSA) is 64.9 Å². The van der Waals surface area contributed by atoms with Gasteiger partial charge < -0.3 is 10.3 Å². The van der Waals surface area contributed by atoms with E-state index >= 15 is 0 Å². The minimum absolute atomic E-state index is 0.420. The summed E-state index contributed by atoms with van der Waals surface area (Å²) < 4.78 is 6.20. The summed E-state index contributed by atoms with van der Waals surface area (Å²) in [5.41, 5.74) is 8.13. The average Bonchev–Trinajstić information content (AvgIpc) is 2.89. The highest BCUT2D eigenvalue weighted by atomic mass is 79.9. The maximum absolute atomic E-state index is 5.89. The van der Waals surface area contributed by atoms with Crippen molar-refractivity contribution in [1.82, 2.24) is 10.1 Å². The third kappa shape index (κ3) is 2.24. The van der Waals surface area contributed by atoms with Crippen LogP contribution in [0.15, 0.2) is 57.5 Å². The molecule has 0 aliphatic carbocycles. The van der Waals surface area contributed by atoms with Gasteiger partial charge in [-0.2, -0.15) is 4.98 Å². The van der Waals surface area contributed by atoms with Gasteiger partial charge in [0.25, 0.3) is 5.89 Å². The molecule has 1 aromatic heterocycles. The molecule has 2 N–H and O–H groups in total. The molecule has 4 nitrogen and oxygen atoms in total. The first-order chi connectivity index (χ1) is 9.25. The second kappa shape index (κ2) is 4.85. The van der Waals surface area contributed by atoms with Gasteiger partial charge in [-0.1, -0.05) is 45.4 Å². The number of anilines is 1. The van der Waals surface area contributed by atoms with Crippen molar-refractivity contribution in [3.63, 3.8) is 0 Å². The third-order valence-electron chi connectivity index (χ3n) is 2.73. The fraction of sp³-hybridized carbons (Fsp3) is 0. The second-order valence-electron chi connectivity index (χ2n) is 3.99. The molecule has 3 rings (SSSR count). The van der Waals surface area contributed by atoms with Crippen LogP contribution in [0.5, 0.6) is 0 Å². The number of hydrogen-bond donors (Lipinski definition) is 1. The van der Waals surface area contributed by atoms with Crippen LogP contribution in [0.3, 0.4) is 0 Å². The van der Waals surface area contributed by atoms with Crippen LogP contribution < -0.4 is 5.73 Å². The highest BCUT2D eigenvalue weighted by Gasteiger charge is 2.13. The molecule has 0 aliphatic rings. The SMILES string of the molecule is Nc1ccccc1-c1nc(-c2ccccc2Br)no1. The molecule has 0 saturated heterocycles. The Bertz CT molecular complexity index is 664. The van der Waals surface area contributed by atoms with Crippen molar-refractivity contribution in [2.45, 2.75) is 0 Å². The van der Waals surface area contributed by atoms with Crippen molar-refractivity contribution in [2.75, 3.05) is 5.73 Å². The van der Waals surface area contributed by atoms with Crippen molar-refractivity contribution in [3.05, 3.63) is 53.0 Å². The molecule has 0 aliphatic heterocycles. The molecule has 0 atom stereocenters. The number of nitrogens with two attached hydrogens (primary N) is 1. The Morgan fingerprint density at radius 2 is 1.63 bits per heavy atom. The summed E-state index contributed by atoms with van der Waals surface area (Å²) in [5.74, 6) is 0.953. The first-order valence-corrected chi connectivity index (χ1v) is 6.48. The van der Waals surface area contributed by atoms with Crippen LogP contribution in [0, 0.1) is 0 Å². The number of rotatable bonds is 2. The Morgan fingerprint density at radius 1 is 0.947 bits per heavy atom. The smallest absolute Gasteiger partial charge is 0.260 e. The molecule has 5 heteroatoms. The van der Waals surface area contributed by atoms with Crippen LogP contribution in [0.2, 0.25) is 0 Å². The summed E-state index contributed by atoms with van der Waals surface area (Å²) in [6.45, 7) is 0. The standard InChI is InChI=1S/C14H10BrN3O/c15-11-7-3-1-5-9(11)13-17-14(19-18-13)10-6-2-4-8-12(10)16/h1-8H,16H2. The molecular formula is C14H10BrN3O. The van der Waals surface area contributed by atoms with E-state index in [0.717, 1.165) is 15.6 Å². The minimum atomic E-state index is 0.420. The van der Waals surface area contributed by atoms with Crippen molar-refractivity contribution in [3.8, 4) is 22.8 Å². The Kier molecular flexibility index (Phi) is 3.05. The molecule has 0 saturated carbocycles. The fourth-order valence-electron chi connectivity index (χ4n) is 1.78. The zero-order valence-electron chi connectivity index (χ0n) is 9.88. The Labute approximate surface area is 118 Å². The quantitative estimate of drug-likeness (QED) is 0.731. The highest BCUT2D eigenvalue weighted by molar-refractivity contribution is 9.10. The fourth-order valence-corrected chi connectivity index (χ4v) is 2.24. The van der Waals surface area contributed by atoms with E-state index in [1.54, 1.807) is 6.07 Å². The van der Waals surface area contributed by atoms with E-state index in [9.17, 15) is 0 Å². The maximum Gasteiger partial charge on any atom is 0.260 e. The molecule has 0 radical (unpaired) electrons. The lowest BCUT2D eigenvalue weighted by molar-refractivity contribution is 0.432. The van der Waals surface area contributed by atoms with Crippen LogP contribution in [-0.4, -0.2) is 10.1 Å². The van der Waals surface area contributed by atoms with Gasteiger partial charge in [-0.15, -0.1) is 0 Å². The summed E-state index contributed by atoms with van der Waals surface area (Å²) in [6, 6.07) is 15.1. The van der Waals surface area contributed by atoms with Gasteiger partial charge in [0.2, 0.25) is 5.82 Å². The summed E-state index contributed by atoms with van der Waals surface area (Å²) in [5, 5.41) is 3.99. The Hall–Kier alpha value is -2.14. The molecule has 2 aromatic carbocycles. The second-order valence-corrected chi connectivity index (χ2v) is 4.84. The molecule has 94 valence electrons. The summed E-state index contributed by atoms with van der Waals surface area (Å²) in [7, 11) is 0. The molecule has 0 fully saturated rings. The van der Waals surface area contributed by atoms with Gasteiger partial charge in [0, 0.05) is 15.7 Å². The predicted molar refractivity (Wildman–Crippen MR) is 77.3 cm³/mol. The summed E-state index contributed by atoms with van der Waals surface area (Å²) in [4.78, 5) is 4.38. The van der Waals surface area contributed by atoms with Crippen molar-refractivity contribution < 1.29 is 4.52 Å². The average molecular weight is 316 g/mol. The van der Waals surface area contributed by atoms with E-state index in [0.29, 0.717) is 17.4 Å². The number of benzene rings is 2. The maximum atomic E-state index is 5.89. The molecule has 3 aromatic rings. The number of hydrogen-bond acceptors (Lipinski definition) is 4. The Morgan fingerprint density at radius 3 is 2.37 bits per heavy atom. The van der Waals surface area contributed by atoms with E-state index in [2.05, 4.69) is 26.1 Å². The number of para-hydroxylation sites is 1. The first kappa shape index (κ1) is 11.9. The van der Waals surface area contributed by atoms with Crippen LogP contribution in [-0.2, 0) is 0 Å². The van der Waals surface area contributed by atoms with Crippen LogP contribution >= 0.6 is 15.9 Å². The monoisotopic (exact) mass is 315 g/mol. The first-order valence-electron chi connectivity index (χ1n) is 5.69. The summed E-state index contributed by atoms with van der Waals surface area (Å²) >= 11 is 3.47. The van der Waals surface area contributed by atoms with Crippen molar-refractivity contribution in [1.29, 1.82) is 0 Å². The van der Waals surface area contributed by atoms with Gasteiger partial charge in [-0.05, 0) is 24.3 Å².